The van der Waals surface area contributed by atoms with Crippen LogP contribution in [0.15, 0.2) is 30.3 Å². The zero-order valence-corrected chi connectivity index (χ0v) is 17.9. The van der Waals surface area contributed by atoms with Crippen LogP contribution in [0.25, 0.3) is 0 Å². The molecule has 3 fully saturated rings. The van der Waals surface area contributed by atoms with E-state index in [1.54, 1.807) is 0 Å². The SMILES string of the molecule is CC1(C)[C@H]2CC[C@](C)(C2)[C@@H]1OC[C@H](O)CN1CCN(Cc2ccccc2)CC1. The number of aliphatic hydroxyl groups is 1. The lowest BCUT2D eigenvalue weighted by Gasteiger charge is -2.43. The first-order chi connectivity index (χ1) is 13.4. The van der Waals surface area contributed by atoms with Crippen molar-refractivity contribution in [2.75, 3.05) is 39.3 Å². The first kappa shape index (κ1) is 20.3. The monoisotopic (exact) mass is 386 g/mol. The molecule has 0 amide bonds. The fourth-order valence-corrected chi connectivity index (χ4v) is 6.20. The van der Waals surface area contributed by atoms with Gasteiger partial charge >= 0.3 is 0 Å². The average Bonchev–Trinajstić information content (AvgIpc) is 3.15. The Morgan fingerprint density at radius 1 is 1.07 bits per heavy atom. The predicted molar refractivity (Wildman–Crippen MR) is 113 cm³/mol. The molecule has 1 N–H and O–H groups in total. The summed E-state index contributed by atoms with van der Waals surface area (Å²) in [4.78, 5) is 4.90. The van der Waals surface area contributed by atoms with Gasteiger partial charge in [-0.25, -0.2) is 0 Å². The van der Waals surface area contributed by atoms with Crippen molar-refractivity contribution in [1.82, 2.24) is 9.80 Å². The van der Waals surface area contributed by atoms with Crippen molar-refractivity contribution < 1.29 is 9.84 Å². The molecular formula is C24H38N2O2. The van der Waals surface area contributed by atoms with Gasteiger partial charge in [0.1, 0.15) is 0 Å². The van der Waals surface area contributed by atoms with E-state index in [1.165, 1.54) is 24.8 Å². The van der Waals surface area contributed by atoms with Crippen molar-refractivity contribution in [1.29, 1.82) is 0 Å². The minimum atomic E-state index is -0.390. The highest BCUT2D eigenvalue weighted by atomic mass is 16.5. The van der Waals surface area contributed by atoms with Crippen LogP contribution in [0.4, 0.5) is 0 Å². The normalized spacial score (nSPS) is 34.0. The van der Waals surface area contributed by atoms with Crippen LogP contribution in [-0.2, 0) is 11.3 Å². The van der Waals surface area contributed by atoms with Crippen LogP contribution in [0, 0.1) is 16.7 Å². The molecular weight excluding hydrogens is 348 g/mol. The number of β-amino-alcohol motifs (C(OH)–C–C–N with tert-alkyl or cyclic N) is 1. The highest BCUT2D eigenvalue weighted by Crippen LogP contribution is 2.63. The molecule has 1 aliphatic heterocycles. The molecule has 3 aliphatic rings. The van der Waals surface area contributed by atoms with E-state index < -0.39 is 0 Å². The number of piperazine rings is 1. The molecule has 0 spiro atoms. The molecule has 4 rings (SSSR count). The Labute approximate surface area is 170 Å². The molecule has 2 saturated carbocycles. The highest BCUT2D eigenvalue weighted by Gasteiger charge is 2.60. The van der Waals surface area contributed by atoms with Crippen molar-refractivity contribution >= 4 is 0 Å². The van der Waals surface area contributed by atoms with Crippen molar-refractivity contribution in [3.63, 3.8) is 0 Å². The van der Waals surface area contributed by atoms with Crippen LogP contribution in [0.3, 0.4) is 0 Å². The molecule has 1 aromatic rings. The third-order valence-electron chi connectivity index (χ3n) is 7.78. The Morgan fingerprint density at radius 3 is 2.39 bits per heavy atom. The van der Waals surface area contributed by atoms with E-state index in [0.29, 0.717) is 12.0 Å². The summed E-state index contributed by atoms with van der Waals surface area (Å²) in [7, 11) is 0. The van der Waals surface area contributed by atoms with E-state index >= 15 is 0 Å². The molecule has 0 radical (unpaired) electrons. The summed E-state index contributed by atoms with van der Waals surface area (Å²) in [5.74, 6) is 0.789. The fourth-order valence-electron chi connectivity index (χ4n) is 6.20. The number of ether oxygens (including phenoxy) is 1. The Morgan fingerprint density at radius 2 is 1.75 bits per heavy atom. The Hall–Kier alpha value is -0.940. The first-order valence-electron chi connectivity index (χ1n) is 11.2. The molecule has 0 aromatic heterocycles. The van der Waals surface area contributed by atoms with Gasteiger partial charge in [-0.05, 0) is 41.6 Å². The molecule has 1 saturated heterocycles. The summed E-state index contributed by atoms with van der Waals surface area (Å²) in [5, 5.41) is 10.6. The molecule has 2 bridgehead atoms. The molecule has 0 unspecified atom stereocenters. The average molecular weight is 387 g/mol. The van der Waals surface area contributed by atoms with E-state index in [1.807, 2.05) is 0 Å². The maximum absolute atomic E-state index is 10.6. The van der Waals surface area contributed by atoms with E-state index in [2.05, 4.69) is 60.9 Å². The molecule has 2 aliphatic carbocycles. The fraction of sp³-hybridized carbons (Fsp3) is 0.750. The lowest BCUT2D eigenvalue weighted by Crippen LogP contribution is -2.49. The topological polar surface area (TPSA) is 35.9 Å². The quantitative estimate of drug-likeness (QED) is 0.779. The number of aliphatic hydroxyl groups excluding tert-OH is 1. The van der Waals surface area contributed by atoms with Gasteiger partial charge in [0.05, 0.1) is 18.8 Å². The third-order valence-corrected chi connectivity index (χ3v) is 7.78. The number of hydrogen-bond donors (Lipinski definition) is 1. The molecule has 4 nitrogen and oxygen atoms in total. The van der Waals surface area contributed by atoms with Crippen molar-refractivity contribution in [2.45, 2.75) is 58.8 Å². The lowest BCUT2D eigenvalue weighted by molar-refractivity contribution is -0.114. The molecule has 1 heterocycles. The smallest absolute Gasteiger partial charge is 0.0900 e. The van der Waals surface area contributed by atoms with Gasteiger partial charge in [0.2, 0.25) is 0 Å². The Kier molecular flexibility index (Phi) is 5.85. The van der Waals surface area contributed by atoms with Crippen molar-refractivity contribution in [3.8, 4) is 0 Å². The summed E-state index contributed by atoms with van der Waals surface area (Å²) in [6.07, 6.45) is 3.82. The maximum atomic E-state index is 10.6. The summed E-state index contributed by atoms with van der Waals surface area (Å²) >= 11 is 0. The van der Waals surface area contributed by atoms with Crippen LogP contribution in [0.5, 0.6) is 0 Å². The number of nitrogens with zero attached hydrogens (tertiary/aromatic N) is 2. The Balaban J connectivity index is 1.20. The second kappa shape index (κ2) is 8.06. The number of benzene rings is 1. The zero-order valence-electron chi connectivity index (χ0n) is 17.9. The van der Waals surface area contributed by atoms with Gasteiger partial charge in [0.15, 0.2) is 0 Å². The van der Waals surface area contributed by atoms with Crippen molar-refractivity contribution in [3.05, 3.63) is 35.9 Å². The maximum Gasteiger partial charge on any atom is 0.0900 e. The van der Waals surface area contributed by atoms with Crippen LogP contribution in [0.2, 0.25) is 0 Å². The summed E-state index contributed by atoms with van der Waals surface area (Å²) < 4.78 is 6.37. The van der Waals surface area contributed by atoms with Crippen LogP contribution in [-0.4, -0.2) is 66.4 Å². The second-order valence-electron chi connectivity index (χ2n) is 10.3. The standard InChI is InChI=1S/C24H38N2O2/c1-23(2)20-9-10-24(3,15-20)22(23)28-18-21(27)17-26-13-11-25(12-14-26)16-19-7-5-4-6-8-19/h4-8,20-22,27H,9-18H2,1-3H3/t20-,21+,22+,24+/m0/s1. The van der Waals surface area contributed by atoms with Crippen molar-refractivity contribution in [2.24, 2.45) is 16.7 Å². The summed E-state index contributed by atoms with van der Waals surface area (Å²) in [6, 6.07) is 10.7. The van der Waals surface area contributed by atoms with Gasteiger partial charge in [-0.3, -0.25) is 9.80 Å². The second-order valence-corrected chi connectivity index (χ2v) is 10.3. The largest absolute Gasteiger partial charge is 0.389 e. The van der Waals surface area contributed by atoms with E-state index in [9.17, 15) is 5.11 Å². The molecule has 4 atom stereocenters. The van der Waals surface area contributed by atoms with Crippen LogP contribution >= 0.6 is 0 Å². The minimum Gasteiger partial charge on any atom is -0.389 e. The van der Waals surface area contributed by atoms with Crippen LogP contribution in [0.1, 0.15) is 45.6 Å². The number of hydrogen-bond acceptors (Lipinski definition) is 4. The van der Waals surface area contributed by atoms with Gasteiger partial charge < -0.3 is 9.84 Å². The molecule has 156 valence electrons. The molecule has 28 heavy (non-hydrogen) atoms. The lowest BCUT2D eigenvalue weighted by atomic mass is 9.70. The highest BCUT2D eigenvalue weighted by molar-refractivity contribution is 5.14. The van der Waals surface area contributed by atoms with E-state index in [-0.39, 0.29) is 17.6 Å². The van der Waals surface area contributed by atoms with E-state index in [0.717, 1.165) is 45.2 Å². The zero-order chi connectivity index (χ0) is 19.8. The number of rotatable bonds is 7. The summed E-state index contributed by atoms with van der Waals surface area (Å²) in [5.41, 5.74) is 1.94. The van der Waals surface area contributed by atoms with Gasteiger partial charge in [-0.15, -0.1) is 0 Å². The van der Waals surface area contributed by atoms with Crippen LogP contribution < -0.4 is 0 Å². The predicted octanol–water partition coefficient (Wildman–Crippen LogP) is 3.40. The third kappa shape index (κ3) is 4.16. The van der Waals surface area contributed by atoms with Gasteiger partial charge in [0.25, 0.3) is 0 Å². The van der Waals surface area contributed by atoms with E-state index in [4.69, 9.17) is 4.74 Å². The summed E-state index contributed by atoms with van der Waals surface area (Å²) in [6.45, 7) is 13.5. The first-order valence-corrected chi connectivity index (χ1v) is 11.2. The molecule has 4 heteroatoms. The number of fused-ring (bicyclic) bond motifs is 2. The van der Waals surface area contributed by atoms with Gasteiger partial charge in [-0.1, -0.05) is 51.1 Å². The Bertz CT molecular complexity index is 637. The van der Waals surface area contributed by atoms with Gasteiger partial charge in [-0.2, -0.15) is 0 Å². The molecule has 1 aromatic carbocycles. The van der Waals surface area contributed by atoms with Gasteiger partial charge in [0, 0.05) is 39.3 Å². The minimum absolute atomic E-state index is 0.246.